The summed E-state index contributed by atoms with van der Waals surface area (Å²) in [6, 6.07) is 0. The van der Waals surface area contributed by atoms with Gasteiger partial charge in [-0.25, -0.2) is 0 Å². The molecule has 0 saturated carbocycles. The molecule has 0 aliphatic carbocycles. The summed E-state index contributed by atoms with van der Waals surface area (Å²) in [5.41, 5.74) is 0. The van der Waals surface area contributed by atoms with Crippen molar-refractivity contribution < 1.29 is 18.9 Å². The van der Waals surface area contributed by atoms with Gasteiger partial charge in [-0.1, -0.05) is 6.08 Å². The van der Waals surface area contributed by atoms with Crippen LogP contribution in [0.5, 0.6) is 0 Å². The lowest BCUT2D eigenvalue weighted by Crippen LogP contribution is -2.30. The van der Waals surface area contributed by atoms with Crippen molar-refractivity contribution in [2.24, 2.45) is 0 Å². The van der Waals surface area contributed by atoms with Crippen molar-refractivity contribution in [2.75, 3.05) is 7.11 Å². The van der Waals surface area contributed by atoms with E-state index in [9.17, 15) is 0 Å². The molecule has 80 valence electrons. The molecule has 2 aliphatic heterocycles. The molecule has 0 spiro atoms. The molecular weight excluding hydrogens is 184 g/mol. The van der Waals surface area contributed by atoms with Crippen LogP contribution in [-0.4, -0.2) is 37.5 Å². The fourth-order valence-corrected chi connectivity index (χ4v) is 1.97. The quantitative estimate of drug-likeness (QED) is 0.625. The molecule has 0 bridgehead atoms. The van der Waals surface area contributed by atoms with Crippen LogP contribution < -0.4 is 0 Å². The Morgan fingerprint density at radius 2 is 1.93 bits per heavy atom. The van der Waals surface area contributed by atoms with Crippen LogP contribution in [0.3, 0.4) is 0 Å². The second-order valence-electron chi connectivity index (χ2n) is 4.01. The molecule has 0 aromatic rings. The van der Waals surface area contributed by atoms with Crippen molar-refractivity contribution in [2.45, 2.75) is 44.2 Å². The topological polar surface area (TPSA) is 36.9 Å². The van der Waals surface area contributed by atoms with Crippen LogP contribution >= 0.6 is 0 Å². The molecule has 4 nitrogen and oxygen atoms in total. The van der Waals surface area contributed by atoms with Gasteiger partial charge in [0.15, 0.2) is 12.1 Å². The first-order valence-electron chi connectivity index (χ1n) is 4.74. The summed E-state index contributed by atoms with van der Waals surface area (Å²) >= 11 is 0. The molecule has 0 amide bonds. The Kier molecular flexibility index (Phi) is 2.39. The van der Waals surface area contributed by atoms with Crippen molar-refractivity contribution in [1.82, 2.24) is 0 Å². The van der Waals surface area contributed by atoms with Crippen molar-refractivity contribution >= 4 is 0 Å². The Bertz CT molecular complexity index is 238. The first-order chi connectivity index (χ1) is 6.57. The number of fused-ring (bicyclic) bond motifs is 1. The van der Waals surface area contributed by atoms with Crippen LogP contribution in [-0.2, 0) is 18.9 Å². The first-order valence-corrected chi connectivity index (χ1v) is 4.74. The lowest BCUT2D eigenvalue weighted by atomic mass is 10.1. The average Bonchev–Trinajstić information content (AvgIpc) is 2.57. The van der Waals surface area contributed by atoms with Gasteiger partial charge in [-0.05, 0) is 13.8 Å². The number of ether oxygens (including phenoxy) is 4. The Labute approximate surface area is 83.8 Å². The maximum Gasteiger partial charge on any atom is 0.187 e. The largest absolute Gasteiger partial charge is 0.353 e. The Balaban J connectivity index is 2.16. The van der Waals surface area contributed by atoms with Crippen molar-refractivity contribution in [1.29, 1.82) is 0 Å². The lowest BCUT2D eigenvalue weighted by Gasteiger charge is -2.22. The van der Waals surface area contributed by atoms with Crippen LogP contribution in [0.2, 0.25) is 0 Å². The molecule has 0 aromatic carbocycles. The first kappa shape index (κ1) is 10.1. The van der Waals surface area contributed by atoms with E-state index in [2.05, 4.69) is 6.58 Å². The third kappa shape index (κ3) is 1.48. The van der Waals surface area contributed by atoms with Crippen LogP contribution in [0.15, 0.2) is 12.7 Å². The van der Waals surface area contributed by atoms with Gasteiger partial charge in [0.1, 0.15) is 18.3 Å². The van der Waals surface area contributed by atoms with E-state index >= 15 is 0 Å². The van der Waals surface area contributed by atoms with Crippen LogP contribution in [0, 0.1) is 0 Å². The van der Waals surface area contributed by atoms with E-state index in [1.165, 1.54) is 0 Å². The van der Waals surface area contributed by atoms with Crippen molar-refractivity contribution in [3.05, 3.63) is 12.7 Å². The van der Waals surface area contributed by atoms with Gasteiger partial charge in [0.05, 0.1) is 0 Å². The smallest absolute Gasteiger partial charge is 0.187 e. The number of methoxy groups -OCH3 is 1. The summed E-state index contributed by atoms with van der Waals surface area (Å²) in [7, 11) is 1.60. The molecule has 2 saturated heterocycles. The van der Waals surface area contributed by atoms with E-state index in [1.807, 2.05) is 13.8 Å². The molecule has 0 aromatic heterocycles. The van der Waals surface area contributed by atoms with Crippen molar-refractivity contribution in [3.8, 4) is 0 Å². The number of hydrogen-bond acceptors (Lipinski definition) is 4. The molecule has 1 unspecified atom stereocenters. The summed E-state index contributed by atoms with van der Waals surface area (Å²) in [6.45, 7) is 7.48. The van der Waals surface area contributed by atoms with Crippen molar-refractivity contribution in [3.63, 3.8) is 0 Å². The molecule has 0 radical (unpaired) electrons. The molecule has 2 heterocycles. The highest BCUT2D eigenvalue weighted by atomic mass is 16.8. The highest BCUT2D eigenvalue weighted by Crippen LogP contribution is 2.38. The third-order valence-corrected chi connectivity index (χ3v) is 2.51. The van der Waals surface area contributed by atoms with Gasteiger partial charge >= 0.3 is 0 Å². The van der Waals surface area contributed by atoms with Gasteiger partial charge in [0.2, 0.25) is 0 Å². The minimum absolute atomic E-state index is 0.104. The highest BCUT2D eigenvalue weighted by Gasteiger charge is 2.54. The SMILES string of the molecule is C=C[C@H]1OC(OC)[C@@H]2OC(C)(C)O[C@H]12. The maximum absolute atomic E-state index is 5.71. The molecule has 2 aliphatic rings. The highest BCUT2D eigenvalue weighted by molar-refractivity contribution is 5.01. The van der Waals surface area contributed by atoms with Crippen LogP contribution in [0.1, 0.15) is 13.8 Å². The molecule has 2 fully saturated rings. The maximum atomic E-state index is 5.71. The van der Waals surface area contributed by atoms with Gasteiger partial charge in [-0.15, -0.1) is 6.58 Å². The Hall–Kier alpha value is -0.420. The van der Waals surface area contributed by atoms with Crippen LogP contribution in [0.4, 0.5) is 0 Å². The zero-order chi connectivity index (χ0) is 10.3. The van der Waals surface area contributed by atoms with Gasteiger partial charge < -0.3 is 18.9 Å². The predicted octanol–water partition coefficient (Wildman–Crippen LogP) is 1.06. The van der Waals surface area contributed by atoms with Crippen LogP contribution in [0.25, 0.3) is 0 Å². The van der Waals surface area contributed by atoms with E-state index in [4.69, 9.17) is 18.9 Å². The lowest BCUT2D eigenvalue weighted by molar-refractivity contribution is -0.221. The Morgan fingerprint density at radius 1 is 1.29 bits per heavy atom. The molecular formula is C10H16O4. The summed E-state index contributed by atoms with van der Waals surface area (Å²) < 4.78 is 22.1. The monoisotopic (exact) mass is 200 g/mol. The van der Waals surface area contributed by atoms with E-state index in [1.54, 1.807) is 13.2 Å². The fourth-order valence-electron chi connectivity index (χ4n) is 1.97. The second-order valence-corrected chi connectivity index (χ2v) is 4.01. The second kappa shape index (κ2) is 3.31. The third-order valence-electron chi connectivity index (χ3n) is 2.51. The summed E-state index contributed by atoms with van der Waals surface area (Å²) in [4.78, 5) is 0. The minimum atomic E-state index is -0.558. The van der Waals surface area contributed by atoms with Gasteiger partial charge in [0, 0.05) is 7.11 Å². The molecule has 2 rings (SSSR count). The summed E-state index contributed by atoms with van der Waals surface area (Å²) in [5, 5.41) is 0. The zero-order valence-electron chi connectivity index (χ0n) is 8.73. The molecule has 4 heteroatoms. The van der Waals surface area contributed by atoms with E-state index in [0.29, 0.717) is 0 Å². The summed E-state index contributed by atoms with van der Waals surface area (Å²) in [6.07, 6.45) is 0.962. The fraction of sp³-hybridized carbons (Fsp3) is 0.800. The molecule has 0 N–H and O–H groups in total. The minimum Gasteiger partial charge on any atom is -0.353 e. The average molecular weight is 200 g/mol. The van der Waals surface area contributed by atoms with E-state index in [-0.39, 0.29) is 24.6 Å². The number of rotatable bonds is 2. The normalized spacial score (nSPS) is 45.1. The molecule has 4 atom stereocenters. The van der Waals surface area contributed by atoms with E-state index < -0.39 is 5.79 Å². The standard InChI is InChI=1S/C10H16O4/c1-5-6-7-8(9(11-4)12-6)14-10(2,3)13-7/h5-9H,1H2,2-4H3/t6-,7-,8-,9?/m1/s1. The zero-order valence-corrected chi connectivity index (χ0v) is 8.73. The molecule has 14 heavy (non-hydrogen) atoms. The Morgan fingerprint density at radius 3 is 2.50 bits per heavy atom. The number of hydrogen-bond donors (Lipinski definition) is 0. The van der Waals surface area contributed by atoms with Gasteiger partial charge in [0.25, 0.3) is 0 Å². The van der Waals surface area contributed by atoms with Gasteiger partial charge in [-0.2, -0.15) is 0 Å². The predicted molar refractivity (Wildman–Crippen MR) is 49.7 cm³/mol. The van der Waals surface area contributed by atoms with Gasteiger partial charge in [-0.3, -0.25) is 0 Å². The summed E-state index contributed by atoms with van der Waals surface area (Å²) in [5.74, 6) is -0.558. The van der Waals surface area contributed by atoms with E-state index in [0.717, 1.165) is 0 Å².